The molecule has 0 fully saturated rings. The van der Waals surface area contributed by atoms with Crippen LogP contribution in [0.25, 0.3) is 0 Å². The van der Waals surface area contributed by atoms with E-state index in [0.29, 0.717) is 5.75 Å². The minimum Gasteiger partial charge on any atom is -0.511 e. The van der Waals surface area contributed by atoms with Crippen LogP contribution in [0.3, 0.4) is 0 Å². The molecule has 0 saturated heterocycles. The number of hydrogen-bond acceptors (Lipinski definition) is 5. The van der Waals surface area contributed by atoms with Gasteiger partial charge in [0, 0.05) is 0 Å². The molecule has 0 unspecified atom stereocenters. The third kappa shape index (κ3) is 2.97. The monoisotopic (exact) mass is 210 g/mol. The molecule has 0 aliphatic heterocycles. The number of benzene rings is 1. The highest BCUT2D eigenvalue weighted by molar-refractivity contribution is 6.34. The standard InChI is InChI=1S/C9H11BO5/c1-6(11)8-5-7(14-2)3-4-9(8)15-10(12)13/h3-5,12-13H,1-2H3. The van der Waals surface area contributed by atoms with Gasteiger partial charge in [-0.15, -0.1) is 0 Å². The van der Waals surface area contributed by atoms with Crippen LogP contribution in [-0.4, -0.2) is 30.3 Å². The first-order valence-electron chi connectivity index (χ1n) is 4.26. The van der Waals surface area contributed by atoms with Crippen molar-refractivity contribution in [1.82, 2.24) is 0 Å². The molecular formula is C9H11BO5. The SMILES string of the molecule is COc1ccc(OB(O)O)c(C(C)=O)c1. The molecule has 2 N–H and O–H groups in total. The maximum Gasteiger partial charge on any atom is 0.707 e. The number of hydrogen-bond donors (Lipinski definition) is 2. The average Bonchev–Trinajstić information content (AvgIpc) is 2.17. The largest absolute Gasteiger partial charge is 0.707 e. The fourth-order valence-electron chi connectivity index (χ4n) is 1.13. The van der Waals surface area contributed by atoms with E-state index >= 15 is 0 Å². The van der Waals surface area contributed by atoms with Gasteiger partial charge in [0.1, 0.15) is 11.5 Å². The van der Waals surface area contributed by atoms with E-state index in [1.165, 1.54) is 26.2 Å². The van der Waals surface area contributed by atoms with Gasteiger partial charge in [0.05, 0.1) is 12.7 Å². The molecular weight excluding hydrogens is 199 g/mol. The molecule has 5 nitrogen and oxygen atoms in total. The first-order chi connectivity index (χ1) is 7.04. The molecule has 1 rings (SSSR count). The van der Waals surface area contributed by atoms with E-state index < -0.39 is 7.32 Å². The summed E-state index contributed by atoms with van der Waals surface area (Å²) in [5.74, 6) is 0.364. The first kappa shape index (κ1) is 11.5. The third-order valence-electron chi connectivity index (χ3n) is 1.80. The molecule has 15 heavy (non-hydrogen) atoms. The van der Waals surface area contributed by atoms with Crippen LogP contribution in [0.1, 0.15) is 17.3 Å². The van der Waals surface area contributed by atoms with E-state index in [1.807, 2.05) is 0 Å². The maximum atomic E-state index is 11.2. The van der Waals surface area contributed by atoms with Crippen LogP contribution in [0.4, 0.5) is 0 Å². The van der Waals surface area contributed by atoms with Crippen LogP contribution in [0.5, 0.6) is 11.5 Å². The van der Waals surface area contributed by atoms with Gasteiger partial charge in [-0.25, -0.2) is 0 Å². The van der Waals surface area contributed by atoms with Crippen molar-refractivity contribution in [3.05, 3.63) is 23.8 Å². The quantitative estimate of drug-likeness (QED) is 0.550. The number of carbonyl (C=O) groups is 1. The molecule has 1 aromatic carbocycles. The predicted octanol–water partition coefficient (Wildman–Crippen LogP) is 0.246. The second kappa shape index (κ2) is 4.81. The number of rotatable bonds is 4. The fraction of sp³-hybridized carbons (Fsp3) is 0.222. The molecule has 6 heteroatoms. The van der Waals surface area contributed by atoms with Crippen molar-refractivity contribution in [2.75, 3.05) is 7.11 Å². The van der Waals surface area contributed by atoms with Crippen LogP contribution in [0.15, 0.2) is 18.2 Å². The van der Waals surface area contributed by atoms with Gasteiger partial charge < -0.3 is 19.4 Å². The van der Waals surface area contributed by atoms with E-state index in [2.05, 4.69) is 4.65 Å². The highest BCUT2D eigenvalue weighted by Crippen LogP contribution is 2.24. The van der Waals surface area contributed by atoms with Crippen LogP contribution >= 0.6 is 0 Å². The minimum atomic E-state index is -1.95. The summed E-state index contributed by atoms with van der Waals surface area (Å²) in [4.78, 5) is 11.2. The fourth-order valence-corrected chi connectivity index (χ4v) is 1.13. The van der Waals surface area contributed by atoms with Gasteiger partial charge >= 0.3 is 7.32 Å². The lowest BCUT2D eigenvalue weighted by Crippen LogP contribution is -2.21. The Balaban J connectivity index is 3.09. The number of ketones is 1. The van der Waals surface area contributed by atoms with Gasteiger partial charge in [-0.1, -0.05) is 0 Å². The lowest BCUT2D eigenvalue weighted by atomic mass is 10.1. The Kier molecular flexibility index (Phi) is 3.71. The van der Waals surface area contributed by atoms with Crippen LogP contribution in [0.2, 0.25) is 0 Å². The summed E-state index contributed by atoms with van der Waals surface area (Å²) in [6, 6.07) is 4.47. The molecule has 0 saturated carbocycles. The Hall–Kier alpha value is -1.53. The third-order valence-corrected chi connectivity index (χ3v) is 1.80. The van der Waals surface area contributed by atoms with Crippen LogP contribution in [-0.2, 0) is 0 Å². The molecule has 80 valence electrons. The minimum absolute atomic E-state index is 0.110. The number of carbonyl (C=O) groups excluding carboxylic acids is 1. The van der Waals surface area contributed by atoms with E-state index in [0.717, 1.165) is 0 Å². The molecule has 0 heterocycles. The summed E-state index contributed by atoms with van der Waals surface area (Å²) in [6.45, 7) is 1.35. The van der Waals surface area contributed by atoms with Gasteiger partial charge in [0.15, 0.2) is 5.78 Å². The van der Waals surface area contributed by atoms with Gasteiger partial charge in [-0.2, -0.15) is 0 Å². The molecule has 0 atom stereocenters. The molecule has 0 spiro atoms. The maximum absolute atomic E-state index is 11.2. The summed E-state index contributed by atoms with van der Waals surface area (Å²) in [6.07, 6.45) is 0. The smallest absolute Gasteiger partial charge is 0.511 e. The van der Waals surface area contributed by atoms with E-state index in [-0.39, 0.29) is 17.1 Å². The molecule has 0 aromatic heterocycles. The lowest BCUT2D eigenvalue weighted by molar-refractivity contribution is 0.101. The van der Waals surface area contributed by atoms with Gasteiger partial charge in [-0.05, 0) is 25.1 Å². The van der Waals surface area contributed by atoms with Crippen molar-refractivity contribution in [3.8, 4) is 11.5 Å². The Morgan fingerprint density at radius 1 is 1.40 bits per heavy atom. The van der Waals surface area contributed by atoms with Gasteiger partial charge in [0.25, 0.3) is 0 Å². The molecule has 0 aliphatic carbocycles. The Morgan fingerprint density at radius 3 is 2.53 bits per heavy atom. The molecule has 0 aliphatic rings. The van der Waals surface area contributed by atoms with Crippen molar-refractivity contribution in [2.24, 2.45) is 0 Å². The first-order valence-corrected chi connectivity index (χ1v) is 4.26. The Morgan fingerprint density at radius 2 is 2.07 bits per heavy atom. The molecule has 0 amide bonds. The average molecular weight is 210 g/mol. The highest BCUT2D eigenvalue weighted by Gasteiger charge is 2.16. The predicted molar refractivity (Wildman–Crippen MR) is 53.8 cm³/mol. The van der Waals surface area contributed by atoms with Crippen molar-refractivity contribution in [1.29, 1.82) is 0 Å². The number of ether oxygens (including phenoxy) is 1. The zero-order valence-electron chi connectivity index (χ0n) is 8.43. The second-order valence-electron chi connectivity index (χ2n) is 2.86. The van der Waals surface area contributed by atoms with E-state index in [1.54, 1.807) is 6.07 Å². The zero-order valence-corrected chi connectivity index (χ0v) is 8.43. The summed E-state index contributed by atoms with van der Waals surface area (Å²) in [7, 11) is -0.475. The zero-order chi connectivity index (χ0) is 11.4. The van der Waals surface area contributed by atoms with Gasteiger partial charge in [0.2, 0.25) is 0 Å². The number of methoxy groups -OCH3 is 1. The molecule has 1 aromatic rings. The van der Waals surface area contributed by atoms with Crippen LogP contribution < -0.4 is 9.39 Å². The summed E-state index contributed by atoms with van der Waals surface area (Å²) >= 11 is 0. The Labute approximate surface area is 87.4 Å². The normalized spacial score (nSPS) is 9.60. The summed E-state index contributed by atoms with van der Waals surface area (Å²) in [5.41, 5.74) is 0.238. The van der Waals surface area contributed by atoms with Crippen molar-refractivity contribution < 1.29 is 24.2 Å². The van der Waals surface area contributed by atoms with Crippen LogP contribution in [0, 0.1) is 0 Å². The van der Waals surface area contributed by atoms with Crippen molar-refractivity contribution >= 4 is 13.1 Å². The topological polar surface area (TPSA) is 76.0 Å². The summed E-state index contributed by atoms with van der Waals surface area (Å²) < 4.78 is 9.57. The second-order valence-corrected chi connectivity index (χ2v) is 2.86. The Bertz CT molecular complexity index is 364. The summed E-state index contributed by atoms with van der Waals surface area (Å²) in [5, 5.41) is 17.3. The van der Waals surface area contributed by atoms with Crippen molar-refractivity contribution in [3.63, 3.8) is 0 Å². The van der Waals surface area contributed by atoms with Crippen molar-refractivity contribution in [2.45, 2.75) is 6.92 Å². The molecule has 0 radical (unpaired) electrons. The highest BCUT2D eigenvalue weighted by atomic mass is 16.6. The van der Waals surface area contributed by atoms with E-state index in [9.17, 15) is 4.79 Å². The molecule has 0 bridgehead atoms. The van der Waals surface area contributed by atoms with Gasteiger partial charge in [-0.3, -0.25) is 4.79 Å². The van der Waals surface area contributed by atoms with E-state index in [4.69, 9.17) is 14.8 Å². The number of Topliss-reactive ketones (excluding diaryl/α,β-unsaturated/α-hetero) is 1. The lowest BCUT2D eigenvalue weighted by Gasteiger charge is -2.10.